The number of piperidine rings is 1. The smallest absolute Gasteiger partial charge is 0.0954 e. The van der Waals surface area contributed by atoms with Crippen LogP contribution in [-0.4, -0.2) is 32.4 Å². The predicted molar refractivity (Wildman–Crippen MR) is 65.6 cm³/mol. The maximum absolute atomic E-state index is 4.28. The zero-order valence-corrected chi connectivity index (χ0v) is 10.0. The van der Waals surface area contributed by atoms with Crippen molar-refractivity contribution < 1.29 is 0 Å². The van der Waals surface area contributed by atoms with Gasteiger partial charge in [-0.25, -0.2) is 4.98 Å². The molecule has 0 amide bonds. The molecular weight excluding hydrogens is 214 g/mol. The van der Waals surface area contributed by atoms with Crippen molar-refractivity contribution in [2.75, 3.05) is 13.1 Å². The predicted octanol–water partition coefficient (Wildman–Crippen LogP) is 1.21. The topological polar surface area (TPSA) is 47.7 Å². The lowest BCUT2D eigenvalue weighted by Crippen LogP contribution is -2.31. The molecule has 0 bridgehead atoms. The maximum Gasteiger partial charge on any atom is 0.0954 e. The molecule has 2 aromatic rings. The molecule has 1 aliphatic heterocycles. The lowest BCUT2D eigenvalue weighted by atomic mass is 10.1. The van der Waals surface area contributed by atoms with Gasteiger partial charge >= 0.3 is 0 Å². The average Bonchev–Trinajstić information content (AvgIpc) is 2.98. The normalized spacial score (nSPS) is 20.6. The molecule has 0 saturated carbocycles. The summed E-state index contributed by atoms with van der Waals surface area (Å²) in [5.74, 6) is 0. The quantitative estimate of drug-likeness (QED) is 0.845. The van der Waals surface area contributed by atoms with Crippen molar-refractivity contribution in [3.8, 4) is 11.3 Å². The van der Waals surface area contributed by atoms with E-state index < -0.39 is 0 Å². The van der Waals surface area contributed by atoms with Gasteiger partial charge in [0.25, 0.3) is 0 Å². The van der Waals surface area contributed by atoms with Crippen LogP contribution in [-0.2, 0) is 7.05 Å². The molecule has 1 unspecified atom stereocenters. The summed E-state index contributed by atoms with van der Waals surface area (Å²) in [5.41, 5.74) is 2.29. The zero-order valence-electron chi connectivity index (χ0n) is 10.0. The number of nitrogens with zero attached hydrogens (tertiary/aromatic N) is 4. The van der Waals surface area contributed by atoms with Crippen molar-refractivity contribution in [1.29, 1.82) is 0 Å². The van der Waals surface area contributed by atoms with E-state index in [2.05, 4.69) is 20.0 Å². The molecule has 0 spiro atoms. The summed E-state index contributed by atoms with van der Waals surface area (Å²) >= 11 is 0. The van der Waals surface area contributed by atoms with Crippen molar-refractivity contribution in [2.24, 2.45) is 7.05 Å². The second kappa shape index (κ2) is 4.33. The molecule has 1 aliphatic rings. The second-order valence-corrected chi connectivity index (χ2v) is 4.59. The van der Waals surface area contributed by atoms with Gasteiger partial charge in [-0.15, -0.1) is 0 Å². The van der Waals surface area contributed by atoms with Gasteiger partial charge in [0.05, 0.1) is 24.4 Å². The molecule has 1 saturated heterocycles. The highest BCUT2D eigenvalue weighted by Gasteiger charge is 2.18. The van der Waals surface area contributed by atoms with Crippen LogP contribution in [0.2, 0.25) is 0 Å². The van der Waals surface area contributed by atoms with E-state index in [1.807, 2.05) is 36.6 Å². The van der Waals surface area contributed by atoms with Gasteiger partial charge in [-0.3, -0.25) is 4.68 Å². The van der Waals surface area contributed by atoms with Crippen LogP contribution >= 0.6 is 0 Å². The van der Waals surface area contributed by atoms with Crippen LogP contribution in [0.1, 0.15) is 18.9 Å². The van der Waals surface area contributed by atoms with Crippen molar-refractivity contribution in [2.45, 2.75) is 18.9 Å². The van der Waals surface area contributed by atoms with Crippen LogP contribution in [0.3, 0.4) is 0 Å². The number of imidazole rings is 1. The first-order chi connectivity index (χ1) is 8.34. The fourth-order valence-electron chi connectivity index (χ4n) is 2.44. The highest BCUT2D eigenvalue weighted by Crippen LogP contribution is 2.25. The Bertz CT molecular complexity index is 492. The van der Waals surface area contributed by atoms with E-state index in [0.717, 1.165) is 24.3 Å². The van der Waals surface area contributed by atoms with E-state index >= 15 is 0 Å². The largest absolute Gasteiger partial charge is 0.326 e. The van der Waals surface area contributed by atoms with Gasteiger partial charge in [0.1, 0.15) is 0 Å². The molecule has 0 aliphatic carbocycles. The SMILES string of the molecule is Cn1cc(-c2cncn2C2CCCNC2)cn1. The monoisotopic (exact) mass is 231 g/mol. The number of rotatable bonds is 2. The van der Waals surface area contributed by atoms with Gasteiger partial charge in [0.2, 0.25) is 0 Å². The first-order valence-electron chi connectivity index (χ1n) is 6.06. The van der Waals surface area contributed by atoms with E-state index in [-0.39, 0.29) is 0 Å². The summed E-state index contributed by atoms with van der Waals surface area (Å²) in [7, 11) is 1.94. The van der Waals surface area contributed by atoms with E-state index in [9.17, 15) is 0 Å². The first kappa shape index (κ1) is 10.5. The van der Waals surface area contributed by atoms with Crippen molar-refractivity contribution >= 4 is 0 Å². The number of nitrogens with one attached hydrogen (secondary N) is 1. The van der Waals surface area contributed by atoms with Crippen LogP contribution in [0.15, 0.2) is 24.9 Å². The summed E-state index contributed by atoms with van der Waals surface area (Å²) in [4.78, 5) is 4.28. The highest BCUT2D eigenvalue weighted by atomic mass is 15.2. The fraction of sp³-hybridized carbons (Fsp3) is 0.500. The molecule has 1 atom stereocenters. The Balaban J connectivity index is 1.93. The third kappa shape index (κ3) is 1.98. The lowest BCUT2D eigenvalue weighted by molar-refractivity contribution is 0.373. The average molecular weight is 231 g/mol. The molecule has 0 radical (unpaired) electrons. The molecule has 3 heterocycles. The minimum Gasteiger partial charge on any atom is -0.326 e. The second-order valence-electron chi connectivity index (χ2n) is 4.59. The summed E-state index contributed by atoms with van der Waals surface area (Å²) in [6, 6.07) is 0.515. The van der Waals surface area contributed by atoms with Crippen LogP contribution in [0, 0.1) is 0 Å². The van der Waals surface area contributed by atoms with E-state index in [1.54, 1.807) is 0 Å². The van der Waals surface area contributed by atoms with E-state index in [4.69, 9.17) is 0 Å². The number of aryl methyl sites for hydroxylation is 1. The Morgan fingerprint density at radius 2 is 2.35 bits per heavy atom. The zero-order chi connectivity index (χ0) is 11.7. The van der Waals surface area contributed by atoms with E-state index in [1.165, 1.54) is 12.8 Å². The summed E-state index contributed by atoms with van der Waals surface area (Å²) in [6.07, 6.45) is 10.2. The number of hydrogen-bond acceptors (Lipinski definition) is 3. The highest BCUT2D eigenvalue weighted by molar-refractivity contribution is 5.56. The molecule has 1 fully saturated rings. The fourth-order valence-corrected chi connectivity index (χ4v) is 2.44. The molecule has 2 aromatic heterocycles. The third-order valence-corrected chi connectivity index (χ3v) is 3.33. The molecule has 90 valence electrons. The molecule has 1 N–H and O–H groups in total. The Morgan fingerprint density at radius 3 is 3.06 bits per heavy atom. The maximum atomic E-state index is 4.28. The van der Waals surface area contributed by atoms with Gasteiger partial charge < -0.3 is 9.88 Å². The molecule has 5 heteroatoms. The van der Waals surface area contributed by atoms with Crippen molar-refractivity contribution in [3.05, 3.63) is 24.9 Å². The Hall–Kier alpha value is -1.62. The van der Waals surface area contributed by atoms with Gasteiger partial charge in [-0.2, -0.15) is 5.10 Å². The van der Waals surface area contributed by atoms with Gasteiger partial charge in [-0.1, -0.05) is 0 Å². The van der Waals surface area contributed by atoms with Gasteiger partial charge in [-0.05, 0) is 19.4 Å². The Morgan fingerprint density at radius 1 is 1.41 bits per heavy atom. The molecule has 0 aromatic carbocycles. The summed E-state index contributed by atoms with van der Waals surface area (Å²) < 4.78 is 4.09. The molecule has 3 rings (SSSR count). The summed E-state index contributed by atoms with van der Waals surface area (Å²) in [6.45, 7) is 2.16. The molecule has 5 nitrogen and oxygen atoms in total. The van der Waals surface area contributed by atoms with Crippen molar-refractivity contribution in [3.63, 3.8) is 0 Å². The Labute approximate surface area is 100 Å². The standard InChI is InChI=1S/C12H17N5/c1-16-8-10(5-15-16)12-7-14-9-17(12)11-3-2-4-13-6-11/h5,7-9,11,13H,2-4,6H2,1H3. The van der Waals surface area contributed by atoms with Crippen LogP contribution in [0.5, 0.6) is 0 Å². The van der Waals surface area contributed by atoms with Crippen molar-refractivity contribution in [1.82, 2.24) is 24.6 Å². The Kier molecular flexibility index (Phi) is 2.68. The van der Waals surface area contributed by atoms with Gasteiger partial charge in [0, 0.05) is 31.4 Å². The lowest BCUT2D eigenvalue weighted by Gasteiger charge is -2.25. The van der Waals surface area contributed by atoms with Gasteiger partial charge in [0.15, 0.2) is 0 Å². The van der Waals surface area contributed by atoms with Crippen LogP contribution in [0.25, 0.3) is 11.3 Å². The minimum absolute atomic E-state index is 0.515. The minimum atomic E-state index is 0.515. The third-order valence-electron chi connectivity index (χ3n) is 3.33. The number of hydrogen-bond donors (Lipinski definition) is 1. The number of aromatic nitrogens is 4. The molecule has 17 heavy (non-hydrogen) atoms. The summed E-state index contributed by atoms with van der Waals surface area (Å²) in [5, 5.41) is 7.66. The van der Waals surface area contributed by atoms with Crippen LogP contribution in [0.4, 0.5) is 0 Å². The first-order valence-corrected chi connectivity index (χ1v) is 6.06. The molecular formula is C12H17N5. The van der Waals surface area contributed by atoms with Crippen LogP contribution < -0.4 is 5.32 Å². The van der Waals surface area contributed by atoms with E-state index in [0.29, 0.717) is 6.04 Å².